The molecular formula is C25H32N4O7S. The first-order valence-corrected chi connectivity index (χ1v) is 12.7. The molecule has 0 spiro atoms. The highest BCUT2D eigenvalue weighted by molar-refractivity contribution is 8.00. The van der Waals surface area contributed by atoms with Gasteiger partial charge in [0.25, 0.3) is 5.91 Å². The third kappa shape index (κ3) is 6.69. The Morgan fingerprint density at radius 1 is 1.16 bits per heavy atom. The number of hydrogen-bond donors (Lipinski definition) is 2. The Balaban J connectivity index is 1.84. The Labute approximate surface area is 219 Å². The summed E-state index contributed by atoms with van der Waals surface area (Å²) >= 11 is 1.34. The standard InChI is InChI=1S/C25H32N4O7S/c1-14(30)27-28(6)19(16-10-8-7-9-11-16)21(32)26-18-22(33)29-20(24(34)36-25(3,4)5)17(12-35-15(2)31)13-37-23(18)29/h7-11,18-19,23H,12-13H2,1-6H3,(H,26,32)(H,27,30)/t18-,19?,23-/m1/s1. The highest BCUT2D eigenvalue weighted by Gasteiger charge is 2.55. The van der Waals surface area contributed by atoms with E-state index in [-0.39, 0.29) is 18.2 Å². The molecule has 3 amide bonds. The summed E-state index contributed by atoms with van der Waals surface area (Å²) < 4.78 is 10.6. The van der Waals surface area contributed by atoms with Crippen LogP contribution in [0.5, 0.6) is 0 Å². The maximum atomic E-state index is 13.4. The molecule has 2 N–H and O–H groups in total. The third-order valence-corrected chi connectivity index (χ3v) is 6.81. The van der Waals surface area contributed by atoms with E-state index in [1.54, 1.807) is 58.2 Å². The van der Waals surface area contributed by atoms with Crippen molar-refractivity contribution in [2.24, 2.45) is 0 Å². The van der Waals surface area contributed by atoms with E-state index in [0.717, 1.165) is 0 Å². The molecule has 1 saturated heterocycles. The SMILES string of the molecule is CC(=O)NN(C)C(C(=O)N[C@@H]1C(=O)N2C(C(=O)OC(C)(C)C)=C(COC(C)=O)CS[C@H]12)c1ccccc1. The molecule has 0 radical (unpaired) electrons. The summed E-state index contributed by atoms with van der Waals surface area (Å²) in [5.41, 5.74) is 2.89. The first-order valence-electron chi connectivity index (χ1n) is 11.7. The second-order valence-electron chi connectivity index (χ2n) is 9.72. The molecule has 2 aliphatic heterocycles. The number of carbonyl (C=O) groups excluding carboxylic acids is 5. The lowest BCUT2D eigenvalue weighted by Crippen LogP contribution is -2.71. The molecule has 2 aliphatic rings. The van der Waals surface area contributed by atoms with E-state index in [1.807, 2.05) is 0 Å². The van der Waals surface area contributed by atoms with E-state index in [0.29, 0.717) is 16.9 Å². The molecular weight excluding hydrogens is 500 g/mol. The fourth-order valence-corrected chi connectivity index (χ4v) is 5.36. The van der Waals surface area contributed by atoms with E-state index in [4.69, 9.17) is 9.47 Å². The van der Waals surface area contributed by atoms with Crippen molar-refractivity contribution >= 4 is 41.4 Å². The van der Waals surface area contributed by atoms with Crippen LogP contribution in [0.15, 0.2) is 41.6 Å². The molecule has 0 bridgehead atoms. The molecule has 3 rings (SSSR count). The summed E-state index contributed by atoms with van der Waals surface area (Å²) in [6.45, 7) is 7.57. The van der Waals surface area contributed by atoms with Crippen molar-refractivity contribution in [3.8, 4) is 0 Å². The van der Waals surface area contributed by atoms with Gasteiger partial charge in [0.15, 0.2) is 0 Å². The van der Waals surface area contributed by atoms with E-state index in [9.17, 15) is 24.0 Å². The first kappa shape index (κ1) is 28.2. The second-order valence-corrected chi connectivity index (χ2v) is 10.8. The van der Waals surface area contributed by atoms with Crippen LogP contribution in [0.1, 0.15) is 46.2 Å². The van der Waals surface area contributed by atoms with Gasteiger partial charge in [-0.25, -0.2) is 9.80 Å². The molecule has 1 unspecified atom stereocenters. The van der Waals surface area contributed by atoms with E-state index in [2.05, 4.69) is 10.7 Å². The highest BCUT2D eigenvalue weighted by atomic mass is 32.2. The number of amides is 3. The minimum atomic E-state index is -0.902. The number of nitrogens with zero attached hydrogens (tertiary/aromatic N) is 2. The number of likely N-dealkylation sites (N-methyl/N-ethyl adjacent to an activating group) is 1. The average molecular weight is 533 g/mol. The van der Waals surface area contributed by atoms with Crippen molar-refractivity contribution in [2.75, 3.05) is 19.4 Å². The molecule has 1 aromatic rings. The van der Waals surface area contributed by atoms with Gasteiger partial charge in [-0.1, -0.05) is 30.3 Å². The summed E-state index contributed by atoms with van der Waals surface area (Å²) in [5, 5.41) is 3.61. The Hall–Kier alpha value is -3.38. The number of hydrogen-bond acceptors (Lipinski definition) is 9. The normalized spacial score (nSPS) is 20.0. The lowest BCUT2D eigenvalue weighted by Gasteiger charge is -2.50. The second kappa shape index (κ2) is 11.3. The fraction of sp³-hybridized carbons (Fsp3) is 0.480. The van der Waals surface area contributed by atoms with E-state index < -0.39 is 46.8 Å². The molecule has 0 aromatic heterocycles. The number of β-lactam (4-membered cyclic amide) rings is 1. The van der Waals surface area contributed by atoms with Crippen LogP contribution in [-0.2, 0) is 33.4 Å². The number of fused-ring (bicyclic) bond motifs is 1. The summed E-state index contributed by atoms with van der Waals surface area (Å²) in [7, 11) is 1.56. The minimum absolute atomic E-state index is 0.0328. The number of hydrazine groups is 1. The van der Waals surface area contributed by atoms with Gasteiger partial charge in [-0.05, 0) is 26.3 Å². The van der Waals surface area contributed by atoms with Crippen LogP contribution in [0.3, 0.4) is 0 Å². The van der Waals surface area contributed by atoms with Gasteiger partial charge in [-0.2, -0.15) is 0 Å². The Morgan fingerprint density at radius 3 is 2.38 bits per heavy atom. The quantitative estimate of drug-likeness (QED) is 0.288. The predicted molar refractivity (Wildman–Crippen MR) is 135 cm³/mol. The summed E-state index contributed by atoms with van der Waals surface area (Å²) in [4.78, 5) is 64.0. The van der Waals surface area contributed by atoms with Crippen molar-refractivity contribution < 1.29 is 33.4 Å². The molecule has 1 fully saturated rings. The topological polar surface area (TPSA) is 134 Å². The van der Waals surface area contributed by atoms with Crippen molar-refractivity contribution in [2.45, 2.75) is 57.7 Å². The zero-order valence-corrected chi connectivity index (χ0v) is 22.5. The molecule has 0 aliphatic carbocycles. The van der Waals surface area contributed by atoms with Crippen LogP contribution < -0.4 is 10.7 Å². The molecule has 11 nitrogen and oxygen atoms in total. The molecule has 3 atom stereocenters. The number of rotatable bonds is 8. The molecule has 1 aromatic carbocycles. The maximum Gasteiger partial charge on any atom is 0.355 e. The van der Waals surface area contributed by atoms with Gasteiger partial charge in [-0.3, -0.25) is 29.5 Å². The average Bonchev–Trinajstić information content (AvgIpc) is 2.79. The Kier molecular flexibility index (Phi) is 8.64. The van der Waals surface area contributed by atoms with Crippen molar-refractivity contribution in [1.82, 2.24) is 20.7 Å². The van der Waals surface area contributed by atoms with Crippen LogP contribution >= 0.6 is 11.8 Å². The number of ether oxygens (including phenoxy) is 2. The predicted octanol–water partition coefficient (Wildman–Crippen LogP) is 1.27. The summed E-state index contributed by atoms with van der Waals surface area (Å²) in [6.07, 6.45) is 0. The van der Waals surface area contributed by atoms with Crippen LogP contribution in [0.4, 0.5) is 0 Å². The van der Waals surface area contributed by atoms with Gasteiger partial charge in [-0.15, -0.1) is 11.8 Å². The maximum absolute atomic E-state index is 13.4. The lowest BCUT2D eigenvalue weighted by molar-refractivity contribution is -0.159. The van der Waals surface area contributed by atoms with Crippen LogP contribution in [0, 0.1) is 0 Å². The zero-order valence-electron chi connectivity index (χ0n) is 21.7. The van der Waals surface area contributed by atoms with E-state index >= 15 is 0 Å². The number of thioether (sulfide) groups is 1. The minimum Gasteiger partial charge on any atom is -0.461 e. The smallest absolute Gasteiger partial charge is 0.355 e. The van der Waals surface area contributed by atoms with Crippen LogP contribution in [-0.4, -0.2) is 76.0 Å². The van der Waals surface area contributed by atoms with Gasteiger partial charge in [0.2, 0.25) is 11.8 Å². The van der Waals surface area contributed by atoms with Gasteiger partial charge in [0.1, 0.15) is 35.4 Å². The van der Waals surface area contributed by atoms with Crippen LogP contribution in [0.25, 0.3) is 0 Å². The number of carbonyl (C=O) groups is 5. The van der Waals surface area contributed by atoms with Gasteiger partial charge in [0, 0.05) is 32.2 Å². The fourth-order valence-electron chi connectivity index (χ4n) is 4.03. The number of nitrogens with one attached hydrogen (secondary N) is 2. The molecule has 12 heteroatoms. The molecule has 0 saturated carbocycles. The highest BCUT2D eigenvalue weighted by Crippen LogP contribution is 2.41. The molecule has 37 heavy (non-hydrogen) atoms. The number of benzene rings is 1. The Bertz CT molecular complexity index is 1120. The molecule has 2 heterocycles. The Morgan fingerprint density at radius 2 is 1.81 bits per heavy atom. The largest absolute Gasteiger partial charge is 0.461 e. The summed E-state index contributed by atoms with van der Waals surface area (Å²) in [5.74, 6) is -2.24. The zero-order chi connectivity index (χ0) is 27.5. The van der Waals surface area contributed by atoms with Gasteiger partial charge < -0.3 is 14.8 Å². The lowest BCUT2D eigenvalue weighted by atomic mass is 10.0. The van der Waals surface area contributed by atoms with E-state index in [1.165, 1.54) is 35.5 Å². The van der Waals surface area contributed by atoms with Crippen molar-refractivity contribution in [3.63, 3.8) is 0 Å². The third-order valence-electron chi connectivity index (χ3n) is 5.47. The molecule has 200 valence electrons. The summed E-state index contributed by atoms with van der Waals surface area (Å²) in [6, 6.07) is 7.04. The van der Waals surface area contributed by atoms with Crippen LogP contribution in [0.2, 0.25) is 0 Å². The first-order chi connectivity index (χ1) is 17.3. The van der Waals surface area contributed by atoms with Gasteiger partial charge in [0.05, 0.1) is 0 Å². The monoisotopic (exact) mass is 532 g/mol. The number of esters is 2. The van der Waals surface area contributed by atoms with Crippen molar-refractivity contribution in [1.29, 1.82) is 0 Å². The van der Waals surface area contributed by atoms with Gasteiger partial charge >= 0.3 is 11.9 Å². The van der Waals surface area contributed by atoms with Crippen molar-refractivity contribution in [3.05, 3.63) is 47.2 Å².